The van der Waals surface area contributed by atoms with E-state index >= 15 is 0 Å². The molecule has 0 aliphatic carbocycles. The summed E-state index contributed by atoms with van der Waals surface area (Å²) in [4.78, 5) is 23.7. The fourth-order valence-electron chi connectivity index (χ4n) is 3.33. The van der Waals surface area contributed by atoms with Gasteiger partial charge in [0.1, 0.15) is 17.8 Å². The number of benzene rings is 1. The molecule has 0 radical (unpaired) electrons. The van der Waals surface area contributed by atoms with Crippen LogP contribution in [0, 0.1) is 0 Å². The first-order chi connectivity index (χ1) is 14.0. The summed E-state index contributed by atoms with van der Waals surface area (Å²) in [5, 5.41) is 9.23. The van der Waals surface area contributed by atoms with Crippen molar-refractivity contribution in [3.63, 3.8) is 0 Å². The summed E-state index contributed by atoms with van der Waals surface area (Å²) in [5.41, 5.74) is 9.21. The predicted octanol–water partition coefficient (Wildman–Crippen LogP) is 2.61. The topological polar surface area (TPSA) is 124 Å². The Morgan fingerprint density at radius 2 is 2.21 bits per heavy atom. The number of amides is 1. The first-order valence-electron chi connectivity index (χ1n) is 9.04. The second-order valence-electron chi connectivity index (χ2n) is 6.53. The minimum absolute atomic E-state index is 0.176. The Kier molecular flexibility index (Phi) is 5.08. The van der Waals surface area contributed by atoms with Gasteiger partial charge in [0.2, 0.25) is 0 Å². The predicted molar refractivity (Wildman–Crippen MR) is 112 cm³/mol. The minimum atomic E-state index is -0.176. The van der Waals surface area contributed by atoms with Gasteiger partial charge in [0.15, 0.2) is 5.65 Å². The molecule has 29 heavy (non-hydrogen) atoms. The van der Waals surface area contributed by atoms with Crippen molar-refractivity contribution >= 4 is 45.3 Å². The molecular formula is C19H20ClN7O2. The number of aromatic amines is 1. The third kappa shape index (κ3) is 3.28. The number of ether oxygens (including phenoxy) is 1. The van der Waals surface area contributed by atoms with Crippen molar-refractivity contribution in [3.05, 3.63) is 35.1 Å². The molecule has 0 saturated carbocycles. The molecule has 4 rings (SSSR count). The number of fused-ring (bicyclic) bond motifs is 2. The number of nitrogen functional groups attached to an aromatic ring is 1. The lowest BCUT2D eigenvalue weighted by molar-refractivity contribution is 0.0963. The molecule has 150 valence electrons. The number of aromatic nitrogens is 5. The van der Waals surface area contributed by atoms with E-state index in [0.717, 1.165) is 17.3 Å². The second kappa shape index (κ2) is 7.69. The quantitative estimate of drug-likeness (QED) is 0.417. The van der Waals surface area contributed by atoms with Gasteiger partial charge in [0, 0.05) is 43.8 Å². The van der Waals surface area contributed by atoms with E-state index in [1.165, 1.54) is 6.33 Å². The van der Waals surface area contributed by atoms with E-state index in [9.17, 15) is 4.79 Å². The Labute approximate surface area is 171 Å². The molecule has 0 saturated heterocycles. The van der Waals surface area contributed by atoms with E-state index in [2.05, 4.69) is 20.3 Å². The van der Waals surface area contributed by atoms with Gasteiger partial charge < -0.3 is 20.8 Å². The molecule has 1 amide bonds. The molecule has 1 aromatic carbocycles. The molecule has 4 aromatic rings. The highest BCUT2D eigenvalue weighted by atomic mass is 35.5. The number of carbonyl (C=O) groups is 1. The van der Waals surface area contributed by atoms with E-state index in [1.807, 2.05) is 0 Å². The largest absolute Gasteiger partial charge is 0.385 e. The zero-order chi connectivity index (χ0) is 20.5. The van der Waals surface area contributed by atoms with Crippen LogP contribution in [0.2, 0.25) is 5.02 Å². The maximum atomic E-state index is 11.9. The van der Waals surface area contributed by atoms with Gasteiger partial charge in [-0.3, -0.25) is 4.79 Å². The molecule has 0 fully saturated rings. The lowest BCUT2D eigenvalue weighted by Crippen LogP contribution is -2.17. The van der Waals surface area contributed by atoms with Crippen LogP contribution in [0.1, 0.15) is 16.8 Å². The summed E-state index contributed by atoms with van der Waals surface area (Å²) < 4.78 is 6.91. The van der Waals surface area contributed by atoms with Crippen molar-refractivity contribution in [2.24, 2.45) is 0 Å². The van der Waals surface area contributed by atoms with Gasteiger partial charge in [0.05, 0.1) is 16.1 Å². The Morgan fingerprint density at radius 1 is 1.38 bits per heavy atom. The molecule has 0 aliphatic heterocycles. The van der Waals surface area contributed by atoms with E-state index in [4.69, 9.17) is 27.2 Å². The van der Waals surface area contributed by atoms with Crippen molar-refractivity contribution in [2.45, 2.75) is 13.0 Å². The average Bonchev–Trinajstić information content (AvgIpc) is 3.26. The highest BCUT2D eigenvalue weighted by molar-refractivity contribution is 6.38. The van der Waals surface area contributed by atoms with Crippen LogP contribution in [0.15, 0.2) is 24.5 Å². The van der Waals surface area contributed by atoms with Crippen LogP contribution in [0.25, 0.3) is 33.3 Å². The van der Waals surface area contributed by atoms with Crippen molar-refractivity contribution in [3.8, 4) is 11.4 Å². The van der Waals surface area contributed by atoms with E-state index in [1.54, 1.807) is 37.0 Å². The molecule has 10 heteroatoms. The number of H-pyrrole nitrogens is 1. The number of hydrogen-bond acceptors (Lipinski definition) is 6. The lowest BCUT2D eigenvalue weighted by Gasteiger charge is -2.01. The monoisotopic (exact) mass is 413 g/mol. The molecule has 3 aromatic heterocycles. The highest BCUT2D eigenvalue weighted by Crippen LogP contribution is 2.38. The molecule has 0 aliphatic rings. The summed E-state index contributed by atoms with van der Waals surface area (Å²) in [6.45, 7) is 1.21. The molecule has 0 spiro atoms. The molecule has 0 bridgehead atoms. The molecular weight excluding hydrogens is 394 g/mol. The first-order valence-corrected chi connectivity index (χ1v) is 9.42. The summed E-state index contributed by atoms with van der Waals surface area (Å²) >= 11 is 6.66. The van der Waals surface area contributed by atoms with Gasteiger partial charge in [0.25, 0.3) is 5.91 Å². The molecule has 0 unspecified atom stereocenters. The first kappa shape index (κ1) is 19.2. The average molecular weight is 414 g/mol. The van der Waals surface area contributed by atoms with Crippen molar-refractivity contribution in [1.29, 1.82) is 0 Å². The number of nitrogens with zero attached hydrogens (tertiary/aromatic N) is 4. The number of hydrogen-bond donors (Lipinski definition) is 3. The molecule has 3 heterocycles. The number of halogens is 1. The van der Waals surface area contributed by atoms with Crippen LogP contribution in [0.5, 0.6) is 0 Å². The van der Waals surface area contributed by atoms with Crippen molar-refractivity contribution < 1.29 is 9.53 Å². The molecule has 0 atom stereocenters. The maximum Gasteiger partial charge on any atom is 0.251 e. The smallest absolute Gasteiger partial charge is 0.251 e. The van der Waals surface area contributed by atoms with Gasteiger partial charge >= 0.3 is 0 Å². The second-order valence-corrected chi connectivity index (χ2v) is 6.91. The Morgan fingerprint density at radius 3 is 2.97 bits per heavy atom. The maximum absolute atomic E-state index is 11.9. The molecule has 9 nitrogen and oxygen atoms in total. The number of nitrogens with one attached hydrogen (secondary N) is 2. The summed E-state index contributed by atoms with van der Waals surface area (Å²) in [7, 11) is 3.24. The summed E-state index contributed by atoms with van der Waals surface area (Å²) in [6.07, 6.45) is 2.19. The van der Waals surface area contributed by atoms with Crippen molar-refractivity contribution in [1.82, 2.24) is 30.0 Å². The SMILES string of the molecule is CNC(=O)c1ccc2c(Cl)c(-c3nn(CCCOC)c4ncnc(N)c34)[nH]c2c1. The summed E-state index contributed by atoms with van der Waals surface area (Å²) in [6, 6.07) is 5.28. The standard InChI is InChI=1S/C19H20ClN7O2/c1-22-19(28)10-4-5-11-12(8-10)25-16(14(11)20)15-13-17(21)23-9-24-18(13)27(26-15)6-3-7-29-2/h4-5,8-9,25H,3,6-7H2,1-2H3,(H,22,28)(H2,21,23,24). The number of anilines is 1. The highest BCUT2D eigenvalue weighted by Gasteiger charge is 2.22. The zero-order valence-electron chi connectivity index (χ0n) is 16.0. The van der Waals surface area contributed by atoms with Gasteiger partial charge in [-0.05, 0) is 18.6 Å². The number of aryl methyl sites for hydroxylation is 1. The Hall–Kier alpha value is -3.17. The number of carbonyl (C=O) groups excluding carboxylic acids is 1. The fourth-order valence-corrected chi connectivity index (χ4v) is 3.63. The third-order valence-electron chi connectivity index (χ3n) is 4.74. The van der Waals surface area contributed by atoms with E-state index in [0.29, 0.717) is 52.0 Å². The third-order valence-corrected chi connectivity index (χ3v) is 5.13. The zero-order valence-corrected chi connectivity index (χ0v) is 16.7. The molecule has 4 N–H and O–H groups in total. The van der Waals surface area contributed by atoms with E-state index in [-0.39, 0.29) is 5.91 Å². The van der Waals surface area contributed by atoms with Gasteiger partial charge in [-0.2, -0.15) is 5.10 Å². The van der Waals surface area contributed by atoms with Gasteiger partial charge in [-0.15, -0.1) is 0 Å². The Bertz CT molecular complexity index is 1210. The Balaban J connectivity index is 1.88. The lowest BCUT2D eigenvalue weighted by atomic mass is 10.1. The van der Waals surface area contributed by atoms with Crippen LogP contribution >= 0.6 is 11.6 Å². The minimum Gasteiger partial charge on any atom is -0.385 e. The van der Waals surface area contributed by atoms with Crippen LogP contribution in [-0.2, 0) is 11.3 Å². The van der Waals surface area contributed by atoms with Crippen LogP contribution in [0.4, 0.5) is 5.82 Å². The number of nitrogens with two attached hydrogens (primary N) is 1. The fraction of sp³-hybridized carbons (Fsp3) is 0.263. The normalized spacial score (nSPS) is 11.4. The van der Waals surface area contributed by atoms with Crippen molar-refractivity contribution in [2.75, 3.05) is 26.5 Å². The van der Waals surface area contributed by atoms with E-state index < -0.39 is 0 Å². The van der Waals surface area contributed by atoms with Gasteiger partial charge in [-0.1, -0.05) is 17.7 Å². The summed E-state index contributed by atoms with van der Waals surface area (Å²) in [5.74, 6) is 0.147. The number of methoxy groups -OCH3 is 1. The number of rotatable bonds is 6. The van der Waals surface area contributed by atoms with Crippen LogP contribution in [-0.4, -0.2) is 51.4 Å². The van der Waals surface area contributed by atoms with Crippen LogP contribution < -0.4 is 11.1 Å². The van der Waals surface area contributed by atoms with Crippen LogP contribution in [0.3, 0.4) is 0 Å². The van der Waals surface area contributed by atoms with Gasteiger partial charge in [-0.25, -0.2) is 14.6 Å².